The maximum atomic E-state index is 11.8. The first kappa shape index (κ1) is 18.1. The highest BCUT2D eigenvalue weighted by Crippen LogP contribution is 2.24. The van der Waals surface area contributed by atoms with Crippen LogP contribution in [0, 0.1) is 0 Å². The summed E-state index contributed by atoms with van der Waals surface area (Å²) in [5.41, 5.74) is 2.01. The molecule has 1 aromatic heterocycles. The predicted molar refractivity (Wildman–Crippen MR) is 91.9 cm³/mol. The second-order valence-corrected chi connectivity index (χ2v) is 6.77. The van der Waals surface area contributed by atoms with Gasteiger partial charge >= 0.3 is 0 Å². The number of rotatable bonds is 7. The molecular weight excluding hydrogens is 306 g/mol. The van der Waals surface area contributed by atoms with Gasteiger partial charge in [0.05, 0.1) is 18.6 Å². The van der Waals surface area contributed by atoms with Crippen LogP contribution in [0.15, 0.2) is 47.3 Å². The molecule has 1 heterocycles. The maximum absolute atomic E-state index is 11.8. The largest absolute Gasteiger partial charge is 0.484 e. The topological polar surface area (TPSA) is 71.7 Å². The van der Waals surface area contributed by atoms with Crippen molar-refractivity contribution in [2.45, 2.75) is 38.7 Å². The lowest BCUT2D eigenvalue weighted by Gasteiger charge is -2.19. The van der Waals surface area contributed by atoms with Crippen molar-refractivity contribution in [2.75, 3.05) is 13.2 Å². The van der Waals surface area contributed by atoms with E-state index < -0.39 is 6.10 Å². The van der Waals surface area contributed by atoms with Crippen LogP contribution in [0.3, 0.4) is 0 Å². The summed E-state index contributed by atoms with van der Waals surface area (Å²) >= 11 is 0. The molecule has 0 spiro atoms. The quantitative estimate of drug-likeness (QED) is 0.817. The summed E-state index contributed by atoms with van der Waals surface area (Å²) in [4.78, 5) is 11.8. The van der Waals surface area contributed by atoms with Crippen LogP contribution in [0.1, 0.15) is 44.4 Å². The lowest BCUT2D eigenvalue weighted by atomic mass is 9.87. The molecule has 2 aromatic rings. The van der Waals surface area contributed by atoms with Crippen molar-refractivity contribution in [1.82, 2.24) is 5.32 Å². The Morgan fingerprint density at radius 3 is 2.54 bits per heavy atom. The van der Waals surface area contributed by atoms with Crippen molar-refractivity contribution in [3.8, 4) is 5.75 Å². The molecule has 1 amide bonds. The van der Waals surface area contributed by atoms with E-state index >= 15 is 0 Å². The van der Waals surface area contributed by atoms with Crippen LogP contribution in [0.4, 0.5) is 0 Å². The van der Waals surface area contributed by atoms with Crippen molar-refractivity contribution < 1.29 is 19.1 Å². The van der Waals surface area contributed by atoms with Crippen LogP contribution in [0.5, 0.6) is 5.75 Å². The fourth-order valence-corrected chi connectivity index (χ4v) is 2.23. The maximum Gasteiger partial charge on any atom is 0.257 e. The highest BCUT2D eigenvalue weighted by molar-refractivity contribution is 5.77. The SMILES string of the molecule is CC(C)(C)c1ccc(OCC(=O)NCCC(O)c2ccoc2)cc1. The molecule has 1 aromatic carbocycles. The minimum atomic E-state index is -0.644. The molecule has 0 bridgehead atoms. The fourth-order valence-electron chi connectivity index (χ4n) is 2.23. The lowest BCUT2D eigenvalue weighted by molar-refractivity contribution is -0.123. The first-order valence-corrected chi connectivity index (χ1v) is 8.06. The van der Waals surface area contributed by atoms with Gasteiger partial charge in [0.2, 0.25) is 0 Å². The summed E-state index contributed by atoms with van der Waals surface area (Å²) in [5.74, 6) is 0.450. The highest BCUT2D eigenvalue weighted by Gasteiger charge is 2.13. The van der Waals surface area contributed by atoms with Gasteiger partial charge in [-0.15, -0.1) is 0 Å². The Labute approximate surface area is 142 Å². The average Bonchev–Trinajstić information content (AvgIpc) is 3.07. The predicted octanol–water partition coefficient (Wildman–Crippen LogP) is 3.20. The Morgan fingerprint density at radius 2 is 1.96 bits per heavy atom. The number of aliphatic hydroxyl groups is 1. The van der Waals surface area contributed by atoms with Crippen molar-refractivity contribution in [3.05, 3.63) is 54.0 Å². The molecule has 24 heavy (non-hydrogen) atoms. The lowest BCUT2D eigenvalue weighted by Crippen LogP contribution is -2.30. The van der Waals surface area contributed by atoms with Crippen molar-refractivity contribution in [3.63, 3.8) is 0 Å². The summed E-state index contributed by atoms with van der Waals surface area (Å²) in [6.07, 6.45) is 2.79. The molecule has 0 aliphatic carbocycles. The van der Waals surface area contributed by atoms with Gasteiger partial charge in [0.1, 0.15) is 5.75 Å². The molecular formula is C19H25NO4. The van der Waals surface area contributed by atoms with Gasteiger partial charge in [-0.25, -0.2) is 0 Å². The van der Waals surface area contributed by atoms with E-state index in [-0.39, 0.29) is 17.9 Å². The third-order valence-corrected chi connectivity index (χ3v) is 3.76. The van der Waals surface area contributed by atoms with E-state index in [0.717, 1.165) is 0 Å². The first-order valence-electron chi connectivity index (χ1n) is 8.06. The van der Waals surface area contributed by atoms with Crippen molar-refractivity contribution in [1.29, 1.82) is 0 Å². The molecule has 0 fully saturated rings. The number of carbonyl (C=O) groups excluding carboxylic acids is 1. The Balaban J connectivity index is 1.69. The van der Waals surface area contributed by atoms with Crippen LogP contribution in [-0.2, 0) is 10.2 Å². The van der Waals surface area contributed by atoms with Crippen LogP contribution in [0.2, 0.25) is 0 Å². The number of aliphatic hydroxyl groups excluding tert-OH is 1. The number of hydrogen-bond donors (Lipinski definition) is 2. The molecule has 0 saturated carbocycles. The van der Waals surface area contributed by atoms with E-state index in [1.165, 1.54) is 18.1 Å². The van der Waals surface area contributed by atoms with E-state index in [1.807, 2.05) is 24.3 Å². The number of carbonyl (C=O) groups is 1. The third-order valence-electron chi connectivity index (χ3n) is 3.76. The van der Waals surface area contributed by atoms with Gasteiger partial charge in [-0.2, -0.15) is 0 Å². The van der Waals surface area contributed by atoms with E-state index in [1.54, 1.807) is 6.07 Å². The van der Waals surface area contributed by atoms with E-state index in [2.05, 4.69) is 26.1 Å². The third kappa shape index (κ3) is 5.42. The zero-order valence-electron chi connectivity index (χ0n) is 14.4. The zero-order chi connectivity index (χ0) is 17.6. The summed E-state index contributed by atoms with van der Waals surface area (Å²) in [6, 6.07) is 9.47. The highest BCUT2D eigenvalue weighted by atomic mass is 16.5. The number of amides is 1. The molecule has 0 saturated heterocycles. The standard InChI is InChI=1S/C19H25NO4/c1-19(2,3)15-4-6-16(7-5-15)24-13-18(22)20-10-8-17(21)14-9-11-23-12-14/h4-7,9,11-12,17,21H,8,10,13H2,1-3H3,(H,20,22). The molecule has 5 nitrogen and oxygen atoms in total. The molecule has 2 rings (SSSR count). The van der Waals surface area contributed by atoms with Gasteiger partial charge in [0.25, 0.3) is 5.91 Å². The number of ether oxygens (including phenoxy) is 1. The minimum Gasteiger partial charge on any atom is -0.484 e. The number of furan rings is 1. The summed E-state index contributed by atoms with van der Waals surface area (Å²) < 4.78 is 10.4. The zero-order valence-corrected chi connectivity index (χ0v) is 14.4. The smallest absolute Gasteiger partial charge is 0.257 e. The normalized spacial score (nSPS) is 12.7. The monoisotopic (exact) mass is 331 g/mol. The Bertz CT molecular complexity index is 626. The van der Waals surface area contributed by atoms with Crippen LogP contribution < -0.4 is 10.1 Å². The van der Waals surface area contributed by atoms with Gasteiger partial charge in [0, 0.05) is 12.1 Å². The molecule has 1 unspecified atom stereocenters. The molecule has 0 radical (unpaired) electrons. The average molecular weight is 331 g/mol. The molecule has 2 N–H and O–H groups in total. The Morgan fingerprint density at radius 1 is 1.25 bits per heavy atom. The molecule has 1 atom stereocenters. The van der Waals surface area contributed by atoms with E-state index in [9.17, 15) is 9.90 Å². The van der Waals surface area contributed by atoms with E-state index in [0.29, 0.717) is 24.3 Å². The van der Waals surface area contributed by atoms with E-state index in [4.69, 9.17) is 9.15 Å². The summed E-state index contributed by atoms with van der Waals surface area (Å²) in [5, 5.41) is 12.6. The van der Waals surface area contributed by atoms with Gasteiger partial charge in [-0.3, -0.25) is 4.79 Å². The molecule has 5 heteroatoms. The molecule has 0 aliphatic heterocycles. The number of hydrogen-bond acceptors (Lipinski definition) is 4. The summed E-state index contributed by atoms with van der Waals surface area (Å²) in [7, 11) is 0. The van der Waals surface area contributed by atoms with Crippen LogP contribution >= 0.6 is 0 Å². The number of benzene rings is 1. The first-order chi connectivity index (χ1) is 11.4. The van der Waals surface area contributed by atoms with Crippen molar-refractivity contribution >= 4 is 5.91 Å². The fraction of sp³-hybridized carbons (Fsp3) is 0.421. The second-order valence-electron chi connectivity index (χ2n) is 6.77. The van der Waals surface area contributed by atoms with Crippen molar-refractivity contribution in [2.24, 2.45) is 0 Å². The Kier molecular flexibility index (Phi) is 6.04. The Hall–Kier alpha value is -2.27. The number of nitrogens with one attached hydrogen (secondary N) is 1. The summed E-state index contributed by atoms with van der Waals surface area (Å²) in [6.45, 7) is 6.77. The minimum absolute atomic E-state index is 0.0450. The second kappa shape index (κ2) is 8.02. The van der Waals surface area contributed by atoms with Gasteiger partial charge in [0.15, 0.2) is 6.61 Å². The van der Waals surface area contributed by atoms with Crippen LogP contribution in [-0.4, -0.2) is 24.2 Å². The van der Waals surface area contributed by atoms with Gasteiger partial charge in [-0.1, -0.05) is 32.9 Å². The molecule has 130 valence electrons. The van der Waals surface area contributed by atoms with Gasteiger partial charge in [-0.05, 0) is 35.6 Å². The van der Waals surface area contributed by atoms with Gasteiger partial charge < -0.3 is 19.6 Å². The van der Waals surface area contributed by atoms with Crippen LogP contribution in [0.25, 0.3) is 0 Å². The molecule has 0 aliphatic rings.